The summed E-state index contributed by atoms with van der Waals surface area (Å²) in [5, 5.41) is 0. The number of esters is 1. The first-order valence-corrected chi connectivity index (χ1v) is 7.64. The number of rotatable bonds is 3. The zero-order valence-electron chi connectivity index (χ0n) is 12.5. The van der Waals surface area contributed by atoms with Gasteiger partial charge in [-0.05, 0) is 31.0 Å². The van der Waals surface area contributed by atoms with E-state index in [0.717, 1.165) is 32.1 Å². The molecule has 0 amide bonds. The fraction of sp³-hybridized carbons (Fsp3) is 0.353. The average Bonchev–Trinajstić information content (AvgIpc) is 2.60. The number of hydrogen-bond donors (Lipinski definition) is 0. The second-order valence-corrected chi connectivity index (χ2v) is 5.57. The third-order valence-electron chi connectivity index (χ3n) is 4.00. The van der Waals surface area contributed by atoms with E-state index >= 15 is 0 Å². The van der Waals surface area contributed by atoms with Gasteiger partial charge in [-0.1, -0.05) is 19.3 Å². The zero-order valence-corrected chi connectivity index (χ0v) is 12.5. The maximum Gasteiger partial charge on any atom is 0.314 e. The third kappa shape index (κ3) is 3.36. The Morgan fingerprint density at radius 3 is 2.43 bits per heavy atom. The molecule has 6 heteroatoms. The second kappa shape index (κ2) is 6.81. The van der Waals surface area contributed by atoms with E-state index in [1.54, 1.807) is 6.07 Å². The van der Waals surface area contributed by atoms with Crippen LogP contribution in [0.4, 0.5) is 8.78 Å². The quantitative estimate of drug-likeness (QED) is 0.636. The van der Waals surface area contributed by atoms with E-state index in [9.17, 15) is 13.6 Å². The lowest BCUT2D eigenvalue weighted by Crippen LogP contribution is -2.23. The van der Waals surface area contributed by atoms with Crippen LogP contribution in [0.3, 0.4) is 0 Å². The van der Waals surface area contributed by atoms with Gasteiger partial charge in [0.05, 0.1) is 11.5 Å². The number of carbonyl (C=O) groups is 1. The van der Waals surface area contributed by atoms with Gasteiger partial charge in [-0.25, -0.2) is 14.4 Å². The maximum atomic E-state index is 14.2. The van der Waals surface area contributed by atoms with Crippen LogP contribution in [-0.4, -0.2) is 15.9 Å². The summed E-state index contributed by atoms with van der Waals surface area (Å²) in [6.07, 6.45) is 7.37. The van der Waals surface area contributed by atoms with Crippen molar-refractivity contribution in [3.8, 4) is 17.1 Å². The average molecular weight is 318 g/mol. The molecule has 1 aromatic heterocycles. The Morgan fingerprint density at radius 2 is 1.74 bits per heavy atom. The van der Waals surface area contributed by atoms with Gasteiger partial charge in [0.1, 0.15) is 0 Å². The zero-order chi connectivity index (χ0) is 16.2. The van der Waals surface area contributed by atoms with Crippen LogP contribution >= 0.6 is 0 Å². The molecule has 1 aliphatic rings. The predicted octanol–water partition coefficient (Wildman–Crippen LogP) is 3.91. The van der Waals surface area contributed by atoms with Crippen molar-refractivity contribution in [2.75, 3.05) is 0 Å². The largest absolute Gasteiger partial charge is 0.423 e. The predicted molar refractivity (Wildman–Crippen MR) is 79.6 cm³/mol. The Hall–Kier alpha value is -2.37. The highest BCUT2D eigenvalue weighted by Crippen LogP contribution is 2.30. The Bertz CT molecular complexity index is 701. The van der Waals surface area contributed by atoms with Crippen LogP contribution < -0.4 is 4.74 Å². The Morgan fingerprint density at radius 1 is 1.04 bits per heavy atom. The minimum absolute atomic E-state index is 0.0689. The smallest absolute Gasteiger partial charge is 0.314 e. The Balaban J connectivity index is 1.81. The van der Waals surface area contributed by atoms with Crippen LogP contribution in [0.1, 0.15) is 32.1 Å². The first kappa shape index (κ1) is 15.5. The summed E-state index contributed by atoms with van der Waals surface area (Å²) in [6, 6.07) is 4.14. The van der Waals surface area contributed by atoms with Gasteiger partial charge < -0.3 is 4.74 Å². The van der Waals surface area contributed by atoms with E-state index in [1.165, 1.54) is 24.5 Å². The van der Waals surface area contributed by atoms with Gasteiger partial charge in [-0.15, -0.1) is 0 Å². The van der Waals surface area contributed by atoms with Gasteiger partial charge in [-0.2, -0.15) is 4.39 Å². The molecule has 1 saturated carbocycles. The topological polar surface area (TPSA) is 52.1 Å². The lowest BCUT2D eigenvalue weighted by Gasteiger charge is -2.20. The summed E-state index contributed by atoms with van der Waals surface area (Å²) in [7, 11) is 0. The number of aromatic nitrogens is 2. The maximum absolute atomic E-state index is 14.2. The van der Waals surface area contributed by atoms with Gasteiger partial charge >= 0.3 is 5.97 Å². The molecule has 23 heavy (non-hydrogen) atoms. The fourth-order valence-electron chi connectivity index (χ4n) is 2.75. The second-order valence-electron chi connectivity index (χ2n) is 5.57. The molecular formula is C17H16F2N2O2. The monoisotopic (exact) mass is 318 g/mol. The van der Waals surface area contributed by atoms with Crippen LogP contribution in [0.5, 0.6) is 5.75 Å². The van der Waals surface area contributed by atoms with Gasteiger partial charge in [0.25, 0.3) is 0 Å². The van der Waals surface area contributed by atoms with Crippen LogP contribution in [0.2, 0.25) is 0 Å². The van der Waals surface area contributed by atoms with Crippen LogP contribution in [0, 0.1) is 17.6 Å². The molecule has 0 radical (unpaired) electrons. The molecule has 4 nitrogen and oxygen atoms in total. The molecule has 1 aromatic carbocycles. The molecule has 0 saturated heterocycles. The molecule has 1 aliphatic carbocycles. The molecule has 1 heterocycles. The van der Waals surface area contributed by atoms with Crippen molar-refractivity contribution in [2.45, 2.75) is 32.1 Å². The van der Waals surface area contributed by atoms with Crippen molar-refractivity contribution in [2.24, 2.45) is 5.92 Å². The lowest BCUT2D eigenvalue weighted by molar-refractivity contribution is -0.140. The molecule has 120 valence electrons. The summed E-state index contributed by atoms with van der Waals surface area (Å²) >= 11 is 0. The molecular weight excluding hydrogens is 302 g/mol. The lowest BCUT2D eigenvalue weighted by atomic mass is 9.89. The molecule has 0 atom stereocenters. The van der Waals surface area contributed by atoms with Crippen molar-refractivity contribution in [1.29, 1.82) is 0 Å². The number of carbonyl (C=O) groups excluding carboxylic acids is 1. The van der Waals surface area contributed by atoms with Crippen LogP contribution in [0.25, 0.3) is 11.4 Å². The standard InChI is InChI=1S/C17H16F2N2O2/c18-14-12(16-20-9-4-10-21-16)7-8-13(15(14)19)23-17(22)11-5-2-1-3-6-11/h4,7-11H,1-3,5-6H2. The number of halogens is 2. The Labute approximate surface area is 132 Å². The number of ether oxygens (including phenoxy) is 1. The van der Waals surface area contributed by atoms with E-state index < -0.39 is 23.4 Å². The van der Waals surface area contributed by atoms with Crippen molar-refractivity contribution in [3.05, 3.63) is 42.2 Å². The summed E-state index contributed by atoms with van der Waals surface area (Å²) in [5.74, 6) is -3.36. The number of hydrogen-bond acceptors (Lipinski definition) is 4. The first-order valence-electron chi connectivity index (χ1n) is 7.64. The van der Waals surface area contributed by atoms with E-state index in [-0.39, 0.29) is 17.3 Å². The summed E-state index contributed by atoms with van der Waals surface area (Å²) in [4.78, 5) is 19.8. The van der Waals surface area contributed by atoms with Crippen LogP contribution in [-0.2, 0) is 4.79 Å². The molecule has 0 N–H and O–H groups in total. The number of benzene rings is 1. The van der Waals surface area contributed by atoms with Gasteiger partial charge in [0.2, 0.25) is 5.82 Å². The molecule has 0 bridgehead atoms. The Kier molecular flexibility index (Phi) is 4.60. The van der Waals surface area contributed by atoms with Crippen molar-refractivity contribution in [1.82, 2.24) is 9.97 Å². The molecule has 2 aromatic rings. The van der Waals surface area contributed by atoms with Crippen molar-refractivity contribution in [3.63, 3.8) is 0 Å². The van der Waals surface area contributed by atoms with Gasteiger partial charge in [0.15, 0.2) is 17.4 Å². The van der Waals surface area contributed by atoms with E-state index in [1.807, 2.05) is 0 Å². The highest BCUT2D eigenvalue weighted by molar-refractivity contribution is 5.75. The minimum atomic E-state index is -1.20. The first-order chi connectivity index (χ1) is 11.2. The van der Waals surface area contributed by atoms with Gasteiger partial charge in [-0.3, -0.25) is 4.79 Å². The molecule has 0 unspecified atom stereocenters. The van der Waals surface area contributed by atoms with Gasteiger partial charge in [0, 0.05) is 12.4 Å². The molecule has 1 fully saturated rings. The highest BCUT2D eigenvalue weighted by Gasteiger charge is 2.25. The summed E-state index contributed by atoms with van der Waals surface area (Å²) in [6.45, 7) is 0. The third-order valence-corrected chi connectivity index (χ3v) is 4.00. The molecule has 0 spiro atoms. The summed E-state index contributed by atoms with van der Waals surface area (Å²) < 4.78 is 33.4. The van der Waals surface area contributed by atoms with Crippen molar-refractivity contribution >= 4 is 5.97 Å². The normalized spacial score (nSPS) is 15.4. The van der Waals surface area contributed by atoms with E-state index in [2.05, 4.69) is 9.97 Å². The fourth-order valence-corrected chi connectivity index (χ4v) is 2.75. The van der Waals surface area contributed by atoms with E-state index in [4.69, 9.17) is 4.74 Å². The van der Waals surface area contributed by atoms with Crippen LogP contribution in [0.15, 0.2) is 30.6 Å². The number of nitrogens with zero attached hydrogens (tertiary/aromatic N) is 2. The highest BCUT2D eigenvalue weighted by atomic mass is 19.2. The summed E-state index contributed by atoms with van der Waals surface area (Å²) in [5.41, 5.74) is -0.0689. The van der Waals surface area contributed by atoms with Crippen molar-refractivity contribution < 1.29 is 18.3 Å². The molecule has 0 aliphatic heterocycles. The minimum Gasteiger partial charge on any atom is -0.423 e. The molecule has 3 rings (SSSR count). The SMILES string of the molecule is O=C(Oc1ccc(-c2ncccn2)c(F)c1F)C1CCCCC1. The van der Waals surface area contributed by atoms with E-state index in [0.29, 0.717) is 0 Å².